The number of anilines is 2. The van der Waals surface area contributed by atoms with Crippen molar-refractivity contribution in [3.05, 3.63) is 59.7 Å². The van der Waals surface area contributed by atoms with Gasteiger partial charge in [-0.3, -0.25) is 0 Å². The van der Waals surface area contributed by atoms with Crippen molar-refractivity contribution in [2.75, 3.05) is 31.2 Å². The minimum absolute atomic E-state index is 0.0138. The zero-order valence-electron chi connectivity index (χ0n) is 23.1. The Kier molecular flexibility index (Phi) is 8.13. The number of halogens is 2. The van der Waals surface area contributed by atoms with E-state index >= 15 is 4.39 Å². The second-order valence-electron chi connectivity index (χ2n) is 10.4. The number of aromatic nitrogens is 5. The fourth-order valence-corrected chi connectivity index (χ4v) is 6.69. The summed E-state index contributed by atoms with van der Waals surface area (Å²) >= 11 is 1.87. The van der Waals surface area contributed by atoms with E-state index in [-0.39, 0.29) is 23.2 Å². The number of pyridine rings is 1. The second-order valence-corrected chi connectivity index (χ2v) is 11.3. The number of benzene rings is 1. The first-order valence-corrected chi connectivity index (χ1v) is 14.8. The number of rotatable bonds is 8. The first-order valence-electron chi connectivity index (χ1n) is 13.5. The van der Waals surface area contributed by atoms with E-state index in [1.807, 2.05) is 49.4 Å². The molecule has 1 aliphatic rings. The zero-order chi connectivity index (χ0) is 27.7. The average molecular weight is 552 g/mol. The third-order valence-electron chi connectivity index (χ3n) is 7.58. The molecule has 0 saturated carbocycles. The van der Waals surface area contributed by atoms with Gasteiger partial charge in [-0.1, -0.05) is 13.0 Å². The Balaban J connectivity index is 1.38. The summed E-state index contributed by atoms with van der Waals surface area (Å²) in [6, 6.07) is 7.07. The molecule has 0 bridgehead atoms. The lowest BCUT2D eigenvalue weighted by Gasteiger charge is -2.35. The SMILES string of the molecule is CCN1CCC([C@@H](SC)c2ccc(Nc3ncc(F)c(-c4cc(F)c5nc(C)n(C(C)C)c5c4)n3)nc2)CC1. The highest BCUT2D eigenvalue weighted by Crippen LogP contribution is 2.40. The molecule has 1 aliphatic heterocycles. The fraction of sp³-hybridized carbons (Fsp3) is 0.448. The number of piperidine rings is 1. The van der Waals surface area contributed by atoms with Crippen molar-refractivity contribution >= 4 is 34.6 Å². The van der Waals surface area contributed by atoms with Gasteiger partial charge in [0.2, 0.25) is 5.95 Å². The van der Waals surface area contributed by atoms with E-state index in [4.69, 9.17) is 0 Å². The molecule has 3 aromatic heterocycles. The highest BCUT2D eigenvalue weighted by molar-refractivity contribution is 7.98. The van der Waals surface area contributed by atoms with Crippen LogP contribution in [0, 0.1) is 24.5 Å². The van der Waals surface area contributed by atoms with Gasteiger partial charge < -0.3 is 14.8 Å². The molecule has 39 heavy (non-hydrogen) atoms. The van der Waals surface area contributed by atoms with Crippen LogP contribution in [0.1, 0.15) is 56.3 Å². The molecule has 1 fully saturated rings. The summed E-state index contributed by atoms with van der Waals surface area (Å²) in [4.78, 5) is 20.0. The number of thioether (sulfide) groups is 1. The minimum Gasteiger partial charge on any atom is -0.326 e. The lowest BCUT2D eigenvalue weighted by atomic mass is 9.90. The van der Waals surface area contributed by atoms with Crippen molar-refractivity contribution in [3.63, 3.8) is 0 Å². The van der Waals surface area contributed by atoms with Gasteiger partial charge in [0.1, 0.15) is 22.9 Å². The molecule has 0 unspecified atom stereocenters. The largest absolute Gasteiger partial charge is 0.326 e. The number of aryl methyl sites for hydroxylation is 1. The Hall–Kier alpha value is -3.11. The normalized spacial score (nSPS) is 15.8. The van der Waals surface area contributed by atoms with Gasteiger partial charge in [-0.05, 0) is 89.2 Å². The number of fused-ring (bicyclic) bond motifs is 1. The van der Waals surface area contributed by atoms with Gasteiger partial charge in [-0.15, -0.1) is 0 Å². The van der Waals surface area contributed by atoms with E-state index in [0.29, 0.717) is 33.9 Å². The van der Waals surface area contributed by atoms with Crippen LogP contribution in [0.25, 0.3) is 22.3 Å². The van der Waals surface area contributed by atoms with Crippen molar-refractivity contribution in [2.24, 2.45) is 5.92 Å². The van der Waals surface area contributed by atoms with Crippen molar-refractivity contribution in [1.29, 1.82) is 0 Å². The Labute approximate surface area is 232 Å². The quantitative estimate of drug-likeness (QED) is 0.254. The minimum atomic E-state index is -0.633. The average Bonchev–Trinajstić information content (AvgIpc) is 3.28. The van der Waals surface area contributed by atoms with Gasteiger partial charge in [0, 0.05) is 23.1 Å². The van der Waals surface area contributed by atoms with Crippen molar-refractivity contribution < 1.29 is 8.78 Å². The van der Waals surface area contributed by atoms with Crippen LogP contribution in [0.15, 0.2) is 36.7 Å². The van der Waals surface area contributed by atoms with E-state index < -0.39 is 11.6 Å². The maximum atomic E-state index is 15.0. The summed E-state index contributed by atoms with van der Waals surface area (Å²) < 4.78 is 31.8. The maximum absolute atomic E-state index is 15.0. The van der Waals surface area contributed by atoms with Crippen LogP contribution in [0.4, 0.5) is 20.5 Å². The number of nitrogens with zero attached hydrogens (tertiary/aromatic N) is 6. The molecule has 7 nitrogen and oxygen atoms in total. The molecule has 0 aliphatic carbocycles. The molecule has 1 atom stereocenters. The Bertz CT molecular complexity index is 1450. The molecule has 1 saturated heterocycles. The van der Waals surface area contributed by atoms with E-state index in [0.717, 1.165) is 25.8 Å². The Morgan fingerprint density at radius 1 is 1.05 bits per heavy atom. The number of hydrogen-bond donors (Lipinski definition) is 1. The molecule has 1 N–H and O–H groups in total. The summed E-state index contributed by atoms with van der Waals surface area (Å²) in [5, 5.41) is 3.47. The number of likely N-dealkylation sites (tertiary alicyclic amines) is 1. The van der Waals surface area contributed by atoms with Gasteiger partial charge in [-0.2, -0.15) is 11.8 Å². The highest BCUT2D eigenvalue weighted by Gasteiger charge is 2.27. The number of hydrogen-bond acceptors (Lipinski definition) is 7. The smallest absolute Gasteiger partial charge is 0.229 e. The van der Waals surface area contributed by atoms with Crippen LogP contribution in [-0.2, 0) is 0 Å². The van der Waals surface area contributed by atoms with E-state index in [1.165, 1.54) is 24.5 Å². The van der Waals surface area contributed by atoms with Gasteiger partial charge in [0.05, 0.1) is 11.7 Å². The van der Waals surface area contributed by atoms with Crippen molar-refractivity contribution in [3.8, 4) is 11.3 Å². The van der Waals surface area contributed by atoms with E-state index in [1.54, 1.807) is 6.07 Å². The molecular formula is C29H35F2N7S. The second kappa shape index (κ2) is 11.6. The molecule has 1 aromatic carbocycles. The standard InChI is InChI=1S/C29H35F2N7S/c1-6-37-11-9-19(10-12-37)28(39-5)20-7-8-25(32-15-20)35-29-33-16-23(31)26(36-29)21-13-22(30)27-24(14-21)38(17(2)3)18(4)34-27/h7-8,13-17,19,28H,6,9-12H2,1-5H3,(H,32,33,35,36)/t28-/m1/s1. The van der Waals surface area contributed by atoms with Gasteiger partial charge >= 0.3 is 0 Å². The van der Waals surface area contributed by atoms with E-state index in [2.05, 4.69) is 49.4 Å². The topological polar surface area (TPSA) is 71.8 Å². The van der Waals surface area contributed by atoms with Crippen LogP contribution >= 0.6 is 11.8 Å². The van der Waals surface area contributed by atoms with Gasteiger partial charge in [-0.25, -0.2) is 28.7 Å². The summed E-state index contributed by atoms with van der Waals surface area (Å²) in [5.41, 5.74) is 2.40. The lowest BCUT2D eigenvalue weighted by molar-refractivity contribution is 0.190. The molecular weight excluding hydrogens is 516 g/mol. The molecule has 4 aromatic rings. The van der Waals surface area contributed by atoms with Crippen LogP contribution in [0.2, 0.25) is 0 Å². The molecule has 10 heteroatoms. The Morgan fingerprint density at radius 3 is 2.46 bits per heavy atom. The molecule has 0 spiro atoms. The van der Waals surface area contributed by atoms with Crippen molar-refractivity contribution in [1.82, 2.24) is 29.4 Å². The molecule has 206 valence electrons. The van der Waals surface area contributed by atoms with Crippen LogP contribution in [0.3, 0.4) is 0 Å². The molecule has 0 radical (unpaired) electrons. The molecule has 0 amide bonds. The van der Waals surface area contributed by atoms with Crippen LogP contribution in [-0.4, -0.2) is 55.3 Å². The molecule has 4 heterocycles. The van der Waals surface area contributed by atoms with Crippen LogP contribution < -0.4 is 5.32 Å². The monoisotopic (exact) mass is 551 g/mol. The summed E-state index contributed by atoms with van der Waals surface area (Å²) in [5.74, 6) is 0.928. The molecule has 5 rings (SSSR count). The number of imidazole rings is 1. The summed E-state index contributed by atoms with van der Waals surface area (Å²) in [6.07, 6.45) is 7.54. The first-order chi connectivity index (χ1) is 18.8. The predicted molar refractivity (Wildman–Crippen MR) is 154 cm³/mol. The summed E-state index contributed by atoms with van der Waals surface area (Å²) in [7, 11) is 0. The number of nitrogens with one attached hydrogen (secondary N) is 1. The first kappa shape index (κ1) is 27.5. The lowest BCUT2D eigenvalue weighted by Crippen LogP contribution is -2.34. The van der Waals surface area contributed by atoms with Gasteiger partial charge in [0.15, 0.2) is 11.6 Å². The fourth-order valence-electron chi connectivity index (χ4n) is 5.62. The third-order valence-corrected chi connectivity index (χ3v) is 8.74. The van der Waals surface area contributed by atoms with Gasteiger partial charge in [0.25, 0.3) is 0 Å². The van der Waals surface area contributed by atoms with Crippen molar-refractivity contribution in [2.45, 2.75) is 51.8 Å². The van der Waals surface area contributed by atoms with E-state index in [9.17, 15) is 4.39 Å². The zero-order valence-corrected chi connectivity index (χ0v) is 23.9. The third kappa shape index (κ3) is 5.63. The predicted octanol–water partition coefficient (Wildman–Crippen LogP) is 6.94. The van der Waals surface area contributed by atoms with Crippen LogP contribution in [0.5, 0.6) is 0 Å². The summed E-state index contributed by atoms with van der Waals surface area (Å²) in [6.45, 7) is 11.5. The Morgan fingerprint density at radius 2 is 1.82 bits per heavy atom. The highest BCUT2D eigenvalue weighted by atomic mass is 32.2. The maximum Gasteiger partial charge on any atom is 0.229 e.